The number of hydrogen-bond acceptors (Lipinski definition) is 8. The Labute approximate surface area is 139 Å². The second kappa shape index (κ2) is 9.80. The van der Waals surface area contributed by atoms with Crippen molar-refractivity contribution < 1.29 is 32.7 Å². The molecule has 1 aromatic rings. The van der Waals surface area contributed by atoms with Crippen LogP contribution in [0.4, 0.5) is 4.79 Å². The topological polar surface area (TPSA) is 114 Å². The van der Waals surface area contributed by atoms with Gasteiger partial charge in [0.25, 0.3) is 0 Å². The quantitative estimate of drug-likeness (QED) is 0.356. The predicted molar refractivity (Wildman–Crippen MR) is 79.5 cm³/mol. The second-order valence-corrected chi connectivity index (χ2v) is 6.16. The van der Waals surface area contributed by atoms with Crippen LogP contribution in [0.3, 0.4) is 0 Å². The molecule has 22 heavy (non-hydrogen) atoms. The van der Waals surface area contributed by atoms with E-state index < -0.39 is 25.5 Å². The average molecular weight is 325 g/mol. The summed E-state index contributed by atoms with van der Waals surface area (Å²) in [7, 11) is -1.74. The fourth-order valence-corrected chi connectivity index (χ4v) is 2.23. The predicted octanol–water partition coefficient (Wildman–Crippen LogP) is 0.989. The third-order valence-corrected chi connectivity index (χ3v) is 4.38. The summed E-state index contributed by atoms with van der Waals surface area (Å²) in [5, 5.41) is 0. The van der Waals surface area contributed by atoms with E-state index in [1.54, 1.807) is 30.3 Å². The Kier molecular flexibility index (Phi) is 9.29. The van der Waals surface area contributed by atoms with E-state index in [9.17, 15) is 14.2 Å². The van der Waals surface area contributed by atoms with Crippen LogP contribution < -0.4 is 5.73 Å². The molecule has 0 fully saturated rings. The average Bonchev–Trinajstić information content (AvgIpc) is 2.52. The molecule has 2 N–H and O–H groups in total. The SMILES string of the molecule is COP(=O)(OC)C(N)C(=O)OC(=O)OCc1ccccc1.[LiH]. The van der Waals surface area contributed by atoms with Crippen molar-refractivity contribution >= 4 is 38.6 Å². The second-order valence-electron chi connectivity index (χ2n) is 3.80. The molecule has 0 saturated heterocycles. The van der Waals surface area contributed by atoms with E-state index in [0.717, 1.165) is 14.2 Å². The number of carbonyl (C=O) groups is 2. The van der Waals surface area contributed by atoms with Gasteiger partial charge in [-0.1, -0.05) is 30.3 Å². The summed E-state index contributed by atoms with van der Waals surface area (Å²) in [6.45, 7) is -0.0750. The zero-order valence-corrected chi connectivity index (χ0v) is 12.4. The van der Waals surface area contributed by atoms with E-state index in [1.807, 2.05) is 0 Å². The van der Waals surface area contributed by atoms with Crippen molar-refractivity contribution in [3.63, 3.8) is 0 Å². The number of ether oxygens (including phenoxy) is 2. The van der Waals surface area contributed by atoms with Crippen LogP contribution in [0.5, 0.6) is 0 Å². The molecule has 0 spiro atoms. The molecule has 0 saturated carbocycles. The molecule has 1 unspecified atom stereocenters. The van der Waals surface area contributed by atoms with Crippen LogP contribution in [-0.4, -0.2) is 51.0 Å². The van der Waals surface area contributed by atoms with Gasteiger partial charge in [-0.3, -0.25) is 4.57 Å². The van der Waals surface area contributed by atoms with Crippen LogP contribution in [0, 0.1) is 0 Å². The van der Waals surface area contributed by atoms with Crippen molar-refractivity contribution in [2.45, 2.75) is 12.4 Å². The Balaban J connectivity index is 0.00000441. The minimum atomic E-state index is -3.87. The van der Waals surface area contributed by atoms with Gasteiger partial charge in [0, 0.05) is 14.2 Å². The van der Waals surface area contributed by atoms with Gasteiger partial charge in [0.2, 0.25) is 5.78 Å². The van der Waals surface area contributed by atoms with Crippen molar-refractivity contribution in [1.29, 1.82) is 0 Å². The summed E-state index contributed by atoms with van der Waals surface area (Å²) < 4.78 is 29.9. The van der Waals surface area contributed by atoms with Gasteiger partial charge in [0.05, 0.1) is 0 Å². The molecular weight excluding hydrogens is 308 g/mol. The maximum atomic E-state index is 11.8. The Hall–Kier alpha value is -1.13. The molecule has 0 heterocycles. The van der Waals surface area contributed by atoms with Crippen LogP contribution in [0.25, 0.3) is 0 Å². The molecule has 0 amide bonds. The van der Waals surface area contributed by atoms with Crippen molar-refractivity contribution in [2.24, 2.45) is 5.73 Å². The van der Waals surface area contributed by atoms with Gasteiger partial charge in [-0.2, -0.15) is 0 Å². The van der Waals surface area contributed by atoms with Crippen molar-refractivity contribution in [1.82, 2.24) is 0 Å². The van der Waals surface area contributed by atoms with Gasteiger partial charge in [-0.25, -0.2) is 9.59 Å². The fraction of sp³-hybridized carbons (Fsp3) is 0.333. The molecule has 1 rings (SSSR count). The normalized spacial score (nSPS) is 12.0. The van der Waals surface area contributed by atoms with Crippen molar-refractivity contribution in [3.05, 3.63) is 35.9 Å². The van der Waals surface area contributed by atoms with E-state index in [0.29, 0.717) is 5.56 Å². The van der Waals surface area contributed by atoms with E-state index in [1.165, 1.54) is 0 Å². The van der Waals surface area contributed by atoms with Crippen molar-refractivity contribution in [3.8, 4) is 0 Å². The molecular formula is C12H17LiNO7P. The number of esters is 1. The number of nitrogens with two attached hydrogens (primary N) is 1. The van der Waals surface area contributed by atoms with Gasteiger partial charge in [-0.05, 0) is 5.56 Å². The monoisotopic (exact) mass is 325 g/mol. The zero-order chi connectivity index (χ0) is 15.9. The Bertz CT molecular complexity index is 532. The first-order valence-electron chi connectivity index (χ1n) is 5.82. The van der Waals surface area contributed by atoms with Crippen LogP contribution in [0.1, 0.15) is 5.56 Å². The van der Waals surface area contributed by atoms with Crippen LogP contribution in [0.15, 0.2) is 30.3 Å². The Morgan fingerprint density at radius 3 is 2.23 bits per heavy atom. The molecule has 0 aromatic heterocycles. The molecule has 0 aliphatic heterocycles. The molecule has 0 radical (unpaired) electrons. The van der Waals surface area contributed by atoms with Gasteiger partial charge < -0.3 is 24.3 Å². The number of carbonyl (C=O) groups excluding carboxylic acids is 2. The minimum absolute atomic E-state index is 0. The Morgan fingerprint density at radius 2 is 1.73 bits per heavy atom. The first-order chi connectivity index (χ1) is 9.92. The first-order valence-corrected chi connectivity index (χ1v) is 7.43. The van der Waals surface area contributed by atoms with Crippen LogP contribution >= 0.6 is 7.60 Å². The summed E-state index contributed by atoms with van der Waals surface area (Å²) in [5.74, 6) is -3.00. The molecule has 0 aliphatic carbocycles. The maximum absolute atomic E-state index is 11.8. The molecule has 8 nitrogen and oxygen atoms in total. The first kappa shape index (κ1) is 20.9. The molecule has 10 heteroatoms. The van der Waals surface area contributed by atoms with E-state index >= 15 is 0 Å². The molecule has 0 bridgehead atoms. The van der Waals surface area contributed by atoms with Crippen LogP contribution in [-0.2, 0) is 34.5 Å². The number of rotatable bonds is 6. The van der Waals surface area contributed by atoms with Gasteiger partial charge in [-0.15, -0.1) is 0 Å². The summed E-state index contributed by atoms with van der Waals surface area (Å²) in [6.07, 6.45) is -1.25. The van der Waals surface area contributed by atoms with Crippen LogP contribution in [0.2, 0.25) is 0 Å². The summed E-state index contributed by atoms with van der Waals surface area (Å²) in [6, 6.07) is 8.78. The van der Waals surface area contributed by atoms with Gasteiger partial charge in [0.1, 0.15) is 6.61 Å². The molecule has 118 valence electrons. The zero-order valence-electron chi connectivity index (χ0n) is 11.6. The van der Waals surface area contributed by atoms with Gasteiger partial charge >= 0.3 is 38.6 Å². The number of benzene rings is 1. The molecule has 1 aromatic carbocycles. The third kappa shape index (κ3) is 5.93. The molecule has 0 aliphatic rings. The summed E-state index contributed by atoms with van der Waals surface area (Å²) >= 11 is 0. The van der Waals surface area contributed by atoms with E-state index in [2.05, 4.69) is 13.8 Å². The summed E-state index contributed by atoms with van der Waals surface area (Å²) in [4.78, 5) is 22.9. The third-order valence-electron chi connectivity index (χ3n) is 2.47. The van der Waals surface area contributed by atoms with Crippen molar-refractivity contribution in [2.75, 3.05) is 14.2 Å². The standard InChI is InChI=1S/C12H16NO7P.Li.H/c1-17-21(16,18-2)10(13)11(14)20-12(15)19-8-9-6-4-3-5-7-9;;/h3-7,10H,8,13H2,1-2H3;;. The van der Waals surface area contributed by atoms with E-state index in [-0.39, 0.29) is 25.5 Å². The van der Waals surface area contributed by atoms with Gasteiger partial charge in [0.15, 0.2) is 0 Å². The number of hydrogen-bond donors (Lipinski definition) is 1. The van der Waals surface area contributed by atoms with E-state index in [4.69, 9.17) is 10.5 Å². The Morgan fingerprint density at radius 1 is 1.18 bits per heavy atom. The molecule has 1 atom stereocenters. The summed E-state index contributed by atoms with van der Waals surface area (Å²) in [5.41, 5.74) is 6.09. The fourth-order valence-electron chi connectivity index (χ4n) is 1.32.